The van der Waals surface area contributed by atoms with E-state index in [1.807, 2.05) is 0 Å². The van der Waals surface area contributed by atoms with Crippen LogP contribution in [0.15, 0.2) is 33.5 Å². The first-order valence-electron chi connectivity index (χ1n) is 9.40. The van der Waals surface area contributed by atoms with E-state index in [-0.39, 0.29) is 16.9 Å². The van der Waals surface area contributed by atoms with Crippen LogP contribution in [-0.4, -0.2) is 21.6 Å². The fourth-order valence-electron chi connectivity index (χ4n) is 3.90. The molecule has 1 aromatic carbocycles. The number of rotatable bonds is 7. The number of ether oxygens (including phenoxy) is 1. The first kappa shape index (κ1) is 21.6. The maximum atomic E-state index is 13.1. The third-order valence-electron chi connectivity index (χ3n) is 5.31. The Hall–Kier alpha value is -2.07. The molecule has 2 atom stereocenters. The number of fused-ring (bicyclic) bond motifs is 1. The van der Waals surface area contributed by atoms with Crippen LogP contribution in [0.4, 0.5) is 13.2 Å². The summed E-state index contributed by atoms with van der Waals surface area (Å²) in [4.78, 5) is 11.5. The lowest BCUT2D eigenvalue weighted by atomic mass is 9.78. The third kappa shape index (κ3) is 5.72. The molecule has 1 heterocycles. The number of nitrogens with one attached hydrogen (secondary N) is 1. The Morgan fingerprint density at radius 3 is 2.55 bits per heavy atom. The molecular formula is C19H22F3NO5S. The molecule has 0 aliphatic heterocycles. The van der Waals surface area contributed by atoms with Gasteiger partial charge in [-0.25, -0.2) is 17.9 Å². The summed E-state index contributed by atoms with van der Waals surface area (Å²) >= 11 is 0. The Balaban J connectivity index is 1.72. The lowest BCUT2D eigenvalue weighted by molar-refractivity contribution is -0.136. The zero-order valence-corrected chi connectivity index (χ0v) is 16.4. The highest BCUT2D eigenvalue weighted by atomic mass is 32.2. The molecule has 1 fully saturated rings. The summed E-state index contributed by atoms with van der Waals surface area (Å²) < 4.78 is 73.8. The molecule has 0 amide bonds. The standard InChI is InChI=1S/C19H22F3NO5S/c20-19(21,22)16-10-18(24)28-17-9-14(5-6-15(16)17)27-11-13-4-2-1-3-12(13)7-8-23-29(25)26/h5-6,9-10,12-13,29H,1-4,7-8,11H2,(H,23,25,26). The van der Waals surface area contributed by atoms with Crippen molar-refractivity contribution in [3.63, 3.8) is 0 Å². The number of halogens is 3. The average molecular weight is 433 g/mol. The number of hydrogen-bond donors (Lipinski definition) is 2. The van der Waals surface area contributed by atoms with Gasteiger partial charge in [-0.1, -0.05) is 19.3 Å². The predicted molar refractivity (Wildman–Crippen MR) is 101 cm³/mol. The second-order valence-corrected chi connectivity index (χ2v) is 8.03. The van der Waals surface area contributed by atoms with E-state index in [1.54, 1.807) is 0 Å². The van der Waals surface area contributed by atoms with Crippen molar-refractivity contribution in [1.29, 1.82) is 0 Å². The number of benzene rings is 1. The van der Waals surface area contributed by atoms with E-state index in [9.17, 15) is 26.4 Å². The molecule has 10 heteroatoms. The fourth-order valence-corrected chi connectivity index (χ4v) is 4.21. The SMILES string of the molecule is O=c1cc(C(F)(F)F)c2ccc(OCC3CCCCC3CCN[SH](=O)=O)cc2o1. The Morgan fingerprint density at radius 2 is 1.86 bits per heavy atom. The van der Waals surface area contributed by atoms with Gasteiger partial charge in [0.1, 0.15) is 11.3 Å². The number of alkyl halides is 3. The molecular weight excluding hydrogens is 411 g/mol. The molecule has 2 unspecified atom stereocenters. The molecule has 29 heavy (non-hydrogen) atoms. The summed E-state index contributed by atoms with van der Waals surface area (Å²) in [6.45, 7) is 0.740. The Morgan fingerprint density at radius 1 is 1.14 bits per heavy atom. The summed E-state index contributed by atoms with van der Waals surface area (Å²) in [5.74, 6) is 0.853. The van der Waals surface area contributed by atoms with Crippen molar-refractivity contribution >= 4 is 21.9 Å². The van der Waals surface area contributed by atoms with Gasteiger partial charge in [-0.3, -0.25) is 0 Å². The molecule has 1 saturated carbocycles. The van der Waals surface area contributed by atoms with Crippen molar-refractivity contribution in [2.75, 3.05) is 13.2 Å². The molecule has 0 bridgehead atoms. The summed E-state index contributed by atoms with van der Waals surface area (Å²) in [5.41, 5.74) is -2.28. The van der Waals surface area contributed by atoms with Crippen molar-refractivity contribution in [1.82, 2.24) is 4.72 Å². The predicted octanol–water partition coefficient (Wildman–Crippen LogP) is 3.50. The second-order valence-electron chi connectivity index (χ2n) is 7.20. The topological polar surface area (TPSA) is 85.6 Å². The zero-order chi connectivity index (χ0) is 21.0. The van der Waals surface area contributed by atoms with Crippen LogP contribution in [-0.2, 0) is 17.1 Å². The molecule has 1 aliphatic carbocycles. The van der Waals surface area contributed by atoms with Gasteiger partial charge in [-0.2, -0.15) is 13.2 Å². The molecule has 0 spiro atoms. The first-order chi connectivity index (χ1) is 13.7. The van der Waals surface area contributed by atoms with Gasteiger partial charge in [0.25, 0.3) is 0 Å². The van der Waals surface area contributed by atoms with E-state index >= 15 is 0 Å². The lowest BCUT2D eigenvalue weighted by Gasteiger charge is -2.31. The molecule has 0 saturated heterocycles. The van der Waals surface area contributed by atoms with Gasteiger partial charge in [-0.15, -0.1) is 0 Å². The van der Waals surface area contributed by atoms with Crippen molar-refractivity contribution in [3.05, 3.63) is 40.2 Å². The molecule has 3 rings (SSSR count). The molecule has 1 aliphatic rings. The van der Waals surface area contributed by atoms with E-state index in [0.717, 1.165) is 25.7 Å². The van der Waals surface area contributed by atoms with Crippen LogP contribution in [0.2, 0.25) is 0 Å². The monoisotopic (exact) mass is 433 g/mol. The summed E-state index contributed by atoms with van der Waals surface area (Å²) in [6, 6.07) is 4.41. The minimum absolute atomic E-state index is 0.175. The number of thiol groups is 1. The molecule has 6 nitrogen and oxygen atoms in total. The maximum absolute atomic E-state index is 13.1. The van der Waals surface area contributed by atoms with Gasteiger partial charge in [0, 0.05) is 24.1 Å². The Labute approximate surface area is 167 Å². The van der Waals surface area contributed by atoms with E-state index in [2.05, 4.69) is 4.72 Å². The quantitative estimate of drug-likeness (QED) is 0.516. The van der Waals surface area contributed by atoms with Gasteiger partial charge in [0.15, 0.2) is 0 Å². The van der Waals surface area contributed by atoms with Crippen molar-refractivity contribution in [3.8, 4) is 5.75 Å². The van der Waals surface area contributed by atoms with Gasteiger partial charge in [-0.05, 0) is 36.8 Å². The van der Waals surface area contributed by atoms with Gasteiger partial charge < -0.3 is 9.15 Å². The van der Waals surface area contributed by atoms with Crippen molar-refractivity contribution in [2.24, 2.45) is 11.8 Å². The fraction of sp³-hybridized carbons (Fsp3) is 0.526. The highest BCUT2D eigenvalue weighted by Crippen LogP contribution is 2.36. The maximum Gasteiger partial charge on any atom is 0.417 e. The minimum atomic E-state index is -4.66. The lowest BCUT2D eigenvalue weighted by Crippen LogP contribution is -2.28. The zero-order valence-electron chi connectivity index (χ0n) is 15.5. The van der Waals surface area contributed by atoms with Gasteiger partial charge >= 0.3 is 11.8 Å². The smallest absolute Gasteiger partial charge is 0.417 e. The van der Waals surface area contributed by atoms with Crippen molar-refractivity contribution < 1.29 is 30.7 Å². The molecule has 160 valence electrons. The Bertz CT molecular complexity index is 978. The summed E-state index contributed by atoms with van der Waals surface area (Å²) in [5, 5.41) is -0.196. The molecule has 1 aromatic heterocycles. The van der Waals surface area contributed by atoms with E-state index in [0.29, 0.717) is 37.3 Å². The summed E-state index contributed by atoms with van der Waals surface area (Å²) in [7, 11) is -2.61. The number of hydrogen-bond acceptors (Lipinski definition) is 5. The highest BCUT2D eigenvalue weighted by molar-refractivity contribution is 7.70. The molecule has 0 radical (unpaired) electrons. The normalized spacial score (nSPS) is 20.3. The molecule has 2 aromatic rings. The van der Waals surface area contributed by atoms with Crippen LogP contribution in [0.25, 0.3) is 11.0 Å². The van der Waals surface area contributed by atoms with Crippen LogP contribution in [0.1, 0.15) is 37.7 Å². The minimum Gasteiger partial charge on any atom is -0.493 e. The highest BCUT2D eigenvalue weighted by Gasteiger charge is 2.34. The average Bonchev–Trinajstić information content (AvgIpc) is 2.65. The van der Waals surface area contributed by atoms with Gasteiger partial charge in [0.05, 0.1) is 12.2 Å². The van der Waals surface area contributed by atoms with Crippen LogP contribution in [0, 0.1) is 11.8 Å². The van der Waals surface area contributed by atoms with Crippen LogP contribution in [0.5, 0.6) is 5.75 Å². The third-order valence-corrected chi connectivity index (χ3v) is 5.79. The van der Waals surface area contributed by atoms with E-state index < -0.39 is 28.3 Å². The van der Waals surface area contributed by atoms with Crippen molar-refractivity contribution in [2.45, 2.75) is 38.3 Å². The van der Waals surface area contributed by atoms with E-state index in [1.165, 1.54) is 18.2 Å². The Kier molecular flexibility index (Phi) is 6.84. The van der Waals surface area contributed by atoms with Crippen LogP contribution < -0.4 is 15.1 Å². The first-order valence-corrected chi connectivity index (χ1v) is 10.6. The summed E-state index contributed by atoms with van der Waals surface area (Å²) in [6.07, 6.45) is 0.0939. The van der Waals surface area contributed by atoms with E-state index in [4.69, 9.17) is 9.15 Å². The van der Waals surface area contributed by atoms with Crippen LogP contribution >= 0.6 is 0 Å². The second kappa shape index (κ2) is 9.17. The largest absolute Gasteiger partial charge is 0.493 e. The molecule has 1 N–H and O–H groups in total. The van der Waals surface area contributed by atoms with Crippen LogP contribution in [0.3, 0.4) is 0 Å². The van der Waals surface area contributed by atoms with Gasteiger partial charge in [0.2, 0.25) is 10.9 Å².